The largest absolute Gasteiger partial charge is 0.507 e. The molecule has 0 spiro atoms. The summed E-state index contributed by atoms with van der Waals surface area (Å²) in [5.74, 6) is -8.67. The van der Waals surface area contributed by atoms with Crippen molar-refractivity contribution < 1.29 is 68.4 Å². The third kappa shape index (κ3) is 10.3. The number of anilines is 1. The Hall–Kier alpha value is -5.94. The molecule has 0 radical (unpaired) electrons. The molecule has 0 saturated carbocycles. The summed E-state index contributed by atoms with van der Waals surface area (Å²) in [6, 6.07) is 9.33. The van der Waals surface area contributed by atoms with E-state index >= 15 is 0 Å². The predicted octanol–water partition coefficient (Wildman–Crippen LogP) is 6.01. The fourth-order valence-corrected chi connectivity index (χ4v) is 8.36. The molecular weight excluding hydrogens is 841 g/mol. The first kappa shape index (κ1) is 50.1. The van der Waals surface area contributed by atoms with Gasteiger partial charge in [-0.05, 0) is 32.4 Å². The number of carbonyl (C=O) groups is 4. The number of ether oxygens (including phenoxy) is 5. The van der Waals surface area contributed by atoms with Crippen LogP contribution in [0.5, 0.6) is 23.0 Å². The number of carbonyl (C=O) groups excluding carboxylic acids is 4. The minimum atomic E-state index is -2.07. The van der Waals surface area contributed by atoms with Crippen molar-refractivity contribution in [2.75, 3.05) is 26.1 Å². The van der Waals surface area contributed by atoms with Gasteiger partial charge in [-0.1, -0.05) is 76.3 Å². The van der Waals surface area contributed by atoms with Crippen molar-refractivity contribution in [2.24, 2.45) is 23.7 Å². The number of hydrogen-bond donors (Lipinski definition) is 6. The molecule has 3 aromatic rings. The number of rotatable bonds is 8. The molecule has 3 aliphatic rings. The Kier molecular flexibility index (Phi) is 15.8. The molecule has 352 valence electrons. The highest BCUT2D eigenvalue weighted by molar-refractivity contribution is 6.21. The highest BCUT2D eigenvalue weighted by Crippen LogP contribution is 2.54. The lowest BCUT2D eigenvalue weighted by atomic mass is 9.78. The highest BCUT2D eigenvalue weighted by atomic mass is 16.7. The van der Waals surface area contributed by atoms with Gasteiger partial charge in [0.15, 0.2) is 12.4 Å². The molecule has 6 N–H and O–H groups in total. The van der Waals surface area contributed by atoms with E-state index in [4.69, 9.17) is 23.7 Å². The monoisotopic (exact) mass is 902 g/mol. The number of fused-ring (bicyclic) bond motifs is 14. The van der Waals surface area contributed by atoms with Crippen molar-refractivity contribution in [3.05, 3.63) is 89.2 Å². The number of aromatic hydroxyl groups is 2. The third-order valence-corrected chi connectivity index (χ3v) is 12.8. The Balaban J connectivity index is 1.64. The molecule has 2 amide bonds. The van der Waals surface area contributed by atoms with E-state index < -0.39 is 108 Å². The highest BCUT2D eigenvalue weighted by Gasteiger charge is 2.50. The van der Waals surface area contributed by atoms with Gasteiger partial charge in [-0.15, -0.1) is 0 Å². The number of nitrogens with one attached hydrogen (secondary N) is 1. The van der Waals surface area contributed by atoms with E-state index in [1.165, 1.54) is 71.2 Å². The lowest BCUT2D eigenvalue weighted by Gasteiger charge is -2.38. The van der Waals surface area contributed by atoms with Crippen LogP contribution in [0, 0.1) is 30.6 Å². The molecule has 0 aliphatic carbocycles. The van der Waals surface area contributed by atoms with Crippen LogP contribution >= 0.6 is 0 Å². The van der Waals surface area contributed by atoms with Gasteiger partial charge in [0.1, 0.15) is 23.4 Å². The number of ketones is 1. The zero-order valence-corrected chi connectivity index (χ0v) is 38.7. The minimum absolute atomic E-state index is 0.0406. The normalized spacial score (nSPS) is 29.1. The van der Waals surface area contributed by atoms with Crippen LogP contribution in [-0.2, 0) is 28.6 Å². The van der Waals surface area contributed by atoms with Crippen LogP contribution in [0.3, 0.4) is 0 Å². The van der Waals surface area contributed by atoms with Crippen LogP contribution in [0.4, 0.5) is 5.69 Å². The number of allylic oxidation sites excluding steroid dienone is 2. The molecule has 11 unspecified atom stereocenters. The Morgan fingerprint density at radius 1 is 0.954 bits per heavy atom. The fourth-order valence-electron chi connectivity index (χ4n) is 8.36. The summed E-state index contributed by atoms with van der Waals surface area (Å²) in [5.41, 5.74) is 0.410. The van der Waals surface area contributed by atoms with Gasteiger partial charge in [0.25, 0.3) is 17.6 Å². The number of likely N-dealkylation sites (N-methyl/N-ethyl adjacent to an activating group) is 1. The van der Waals surface area contributed by atoms with Crippen LogP contribution in [0.15, 0.2) is 72.5 Å². The van der Waals surface area contributed by atoms with Crippen molar-refractivity contribution in [3.63, 3.8) is 0 Å². The van der Waals surface area contributed by atoms with Crippen molar-refractivity contribution in [2.45, 2.75) is 105 Å². The molecule has 11 atom stereocenters. The first-order valence-corrected chi connectivity index (χ1v) is 21.5. The van der Waals surface area contributed by atoms with E-state index in [0.29, 0.717) is 5.56 Å². The van der Waals surface area contributed by atoms with E-state index in [-0.39, 0.29) is 44.7 Å². The maximum atomic E-state index is 14.6. The van der Waals surface area contributed by atoms with E-state index in [1.54, 1.807) is 77.1 Å². The average Bonchev–Trinajstić information content (AvgIpc) is 3.55. The van der Waals surface area contributed by atoms with E-state index in [0.717, 1.165) is 0 Å². The van der Waals surface area contributed by atoms with Gasteiger partial charge in [0.05, 0.1) is 53.4 Å². The average molecular weight is 903 g/mol. The first-order valence-electron chi connectivity index (χ1n) is 21.5. The summed E-state index contributed by atoms with van der Waals surface area (Å²) in [4.78, 5) is 55.7. The summed E-state index contributed by atoms with van der Waals surface area (Å²) in [6.45, 7) is 13.5. The van der Waals surface area contributed by atoms with Crippen LogP contribution in [0.1, 0.15) is 83.0 Å². The van der Waals surface area contributed by atoms with Crippen molar-refractivity contribution >= 4 is 40.0 Å². The number of hydrogen-bond acceptors (Lipinski definition) is 14. The SMILES string of the molecule is COC1/C=C\OC2(C)Oc3c(C)c(O)c4c(O)c(cc(OCC(=O)N(C)C(C)C(O)c5ccccc5)c4c3C2=O)NC(=O)/C(C)=C\C=C/C(C)C(O)C(C)C(O)C(C)C(OC(C)=O)C1C. The van der Waals surface area contributed by atoms with Gasteiger partial charge in [-0.25, -0.2) is 0 Å². The number of esters is 1. The topological polar surface area (TPSA) is 231 Å². The number of phenols is 2. The Labute approximate surface area is 379 Å². The Morgan fingerprint density at radius 3 is 2.25 bits per heavy atom. The summed E-state index contributed by atoms with van der Waals surface area (Å²) < 4.78 is 29.9. The molecule has 6 rings (SSSR count). The summed E-state index contributed by atoms with van der Waals surface area (Å²) in [6.07, 6.45) is 2.38. The summed E-state index contributed by atoms with van der Waals surface area (Å²) in [5, 5.41) is 59.7. The third-order valence-electron chi connectivity index (χ3n) is 12.8. The number of Topliss-reactive ketones (excluding diaryl/α,β-unsaturated/α-hetero) is 1. The molecular formula is C49H62N2O14. The zero-order valence-electron chi connectivity index (χ0n) is 38.7. The number of phenolic OH excluding ortho intramolecular Hbond substituents is 2. The van der Waals surface area contributed by atoms with Crippen molar-refractivity contribution in [1.82, 2.24) is 4.90 Å². The van der Waals surface area contributed by atoms with E-state index in [2.05, 4.69) is 5.32 Å². The van der Waals surface area contributed by atoms with Crippen molar-refractivity contribution in [3.8, 4) is 23.0 Å². The fraction of sp³-hybridized carbons (Fsp3) is 0.469. The molecule has 5 bridgehead atoms. The molecule has 3 aliphatic heterocycles. The molecule has 0 saturated heterocycles. The second-order valence-corrected chi connectivity index (χ2v) is 17.3. The standard InChI is InChI=1S/C49H62N2O14/c1-24-16-15-17-25(2)48(60)50-33-22-35(62-23-36(53)51(10)30(7)43(57)32-18-13-12-14-19-32)37-38(44(33)58)42(56)29(6)46-39(37)47(59)49(9,65-46)63-21-20-34(61-11)26(3)45(64-31(8)52)28(5)41(55)27(4)40(24)54/h12-22,24,26-28,30,34,40-41,43,45,54-58H,23H2,1-11H3,(H,50,60)/b16-15-,21-20-,25-17-. The quantitative estimate of drug-likeness (QED) is 0.112. The number of aliphatic hydroxyl groups is 3. The van der Waals surface area contributed by atoms with Crippen LogP contribution in [0.2, 0.25) is 0 Å². The number of methoxy groups -OCH3 is 1. The van der Waals surface area contributed by atoms with Gasteiger partial charge in [0, 0.05) is 74.3 Å². The molecule has 0 fully saturated rings. The first-order chi connectivity index (χ1) is 30.6. The van der Waals surface area contributed by atoms with Gasteiger partial charge >= 0.3 is 11.8 Å². The van der Waals surface area contributed by atoms with Crippen molar-refractivity contribution in [1.29, 1.82) is 0 Å². The summed E-state index contributed by atoms with van der Waals surface area (Å²) >= 11 is 0. The number of nitrogens with zero attached hydrogens (tertiary/aromatic N) is 1. The van der Waals surface area contributed by atoms with Crippen LogP contribution in [0.25, 0.3) is 10.8 Å². The summed E-state index contributed by atoms with van der Waals surface area (Å²) in [7, 11) is 2.92. The molecule has 16 heteroatoms. The minimum Gasteiger partial charge on any atom is -0.507 e. The lowest BCUT2D eigenvalue weighted by Crippen LogP contribution is -2.46. The van der Waals surface area contributed by atoms with Gasteiger partial charge < -0.3 is 59.4 Å². The van der Waals surface area contributed by atoms with E-state index in [9.17, 15) is 44.7 Å². The predicted molar refractivity (Wildman–Crippen MR) is 241 cm³/mol. The lowest BCUT2D eigenvalue weighted by molar-refractivity contribution is -0.160. The van der Waals surface area contributed by atoms with Crippen LogP contribution in [-0.4, -0.2) is 111 Å². The molecule has 65 heavy (non-hydrogen) atoms. The smallest absolute Gasteiger partial charge is 0.312 e. The zero-order chi connectivity index (χ0) is 48.2. The van der Waals surface area contributed by atoms with Gasteiger partial charge in [0.2, 0.25) is 0 Å². The van der Waals surface area contributed by atoms with Gasteiger partial charge in [-0.2, -0.15) is 0 Å². The second-order valence-electron chi connectivity index (χ2n) is 17.3. The number of amides is 2. The van der Waals surface area contributed by atoms with E-state index in [1.807, 2.05) is 0 Å². The van der Waals surface area contributed by atoms with Gasteiger partial charge in [-0.3, -0.25) is 19.2 Å². The maximum Gasteiger partial charge on any atom is 0.312 e. The van der Waals surface area contributed by atoms with Crippen LogP contribution < -0.4 is 14.8 Å². The molecule has 0 aromatic heterocycles. The number of benzene rings is 3. The number of aliphatic hydroxyl groups excluding tert-OH is 3. The molecule has 3 heterocycles. The molecule has 3 aromatic carbocycles. The Morgan fingerprint density at radius 2 is 1.62 bits per heavy atom. The maximum absolute atomic E-state index is 14.6. The second kappa shape index (κ2) is 20.5. The molecule has 16 nitrogen and oxygen atoms in total. The Bertz CT molecular complexity index is 2360.